The van der Waals surface area contributed by atoms with Crippen LogP contribution >= 0.6 is 0 Å². The lowest BCUT2D eigenvalue weighted by atomic mass is 9.83. The van der Waals surface area contributed by atoms with Crippen molar-refractivity contribution < 1.29 is 23.5 Å². The number of aryl methyl sites for hydroxylation is 1. The molecule has 2 aliphatic heterocycles. The zero-order valence-electron chi connectivity index (χ0n) is 25.0. The van der Waals surface area contributed by atoms with Crippen molar-refractivity contribution in [2.45, 2.75) is 70.9 Å². The third-order valence-electron chi connectivity index (χ3n) is 8.35. The summed E-state index contributed by atoms with van der Waals surface area (Å²) in [5, 5.41) is 3.12. The largest absolute Gasteiger partial charge is 0.490 e. The molecule has 0 radical (unpaired) electrons. The van der Waals surface area contributed by atoms with Gasteiger partial charge in [-0.3, -0.25) is 9.59 Å². The van der Waals surface area contributed by atoms with E-state index < -0.39 is 23.7 Å². The fourth-order valence-corrected chi connectivity index (χ4v) is 5.98. The van der Waals surface area contributed by atoms with Crippen LogP contribution in [-0.4, -0.2) is 42.6 Å². The Labute approximate surface area is 248 Å². The van der Waals surface area contributed by atoms with E-state index in [-0.39, 0.29) is 23.0 Å². The SMILES string of the molecule is Cc1cccc(F)c1C(=O)N1CCC[C@H](C(=O)Nc2cccc(C(C)(C)C)c2)[C@@H]1c1ccc(OC2CCOCC2)cc1. The molecule has 0 unspecified atom stereocenters. The molecule has 3 aromatic rings. The Hall–Kier alpha value is -3.71. The highest BCUT2D eigenvalue weighted by atomic mass is 19.1. The van der Waals surface area contributed by atoms with E-state index in [0.29, 0.717) is 38.2 Å². The van der Waals surface area contributed by atoms with Gasteiger partial charge in [0.25, 0.3) is 5.91 Å². The average molecular weight is 573 g/mol. The van der Waals surface area contributed by atoms with Crippen molar-refractivity contribution in [3.05, 3.63) is 94.8 Å². The average Bonchev–Trinajstić information content (AvgIpc) is 2.97. The lowest BCUT2D eigenvalue weighted by Crippen LogP contribution is -2.46. The van der Waals surface area contributed by atoms with Crippen LogP contribution in [0.3, 0.4) is 0 Å². The molecule has 0 saturated carbocycles. The van der Waals surface area contributed by atoms with Crippen LogP contribution in [0.15, 0.2) is 66.7 Å². The molecule has 2 saturated heterocycles. The highest BCUT2D eigenvalue weighted by Crippen LogP contribution is 2.39. The number of hydrogen-bond donors (Lipinski definition) is 1. The minimum absolute atomic E-state index is 0.0564. The Morgan fingerprint density at radius 1 is 0.976 bits per heavy atom. The second kappa shape index (κ2) is 12.7. The molecule has 42 heavy (non-hydrogen) atoms. The van der Waals surface area contributed by atoms with Gasteiger partial charge >= 0.3 is 0 Å². The number of amides is 2. The van der Waals surface area contributed by atoms with Gasteiger partial charge in [-0.2, -0.15) is 0 Å². The lowest BCUT2D eigenvalue weighted by Gasteiger charge is -2.41. The van der Waals surface area contributed by atoms with Crippen LogP contribution in [0.5, 0.6) is 5.75 Å². The number of hydrogen-bond acceptors (Lipinski definition) is 4. The first kappa shape index (κ1) is 29.8. The van der Waals surface area contributed by atoms with Gasteiger partial charge in [-0.05, 0) is 72.2 Å². The summed E-state index contributed by atoms with van der Waals surface area (Å²) in [7, 11) is 0. The molecule has 2 fully saturated rings. The highest BCUT2D eigenvalue weighted by Gasteiger charge is 2.40. The third-order valence-corrected chi connectivity index (χ3v) is 8.35. The molecule has 2 atom stereocenters. The van der Waals surface area contributed by atoms with E-state index in [1.165, 1.54) is 6.07 Å². The van der Waals surface area contributed by atoms with E-state index in [4.69, 9.17) is 9.47 Å². The fraction of sp³-hybridized carbons (Fsp3) is 0.429. The number of carbonyl (C=O) groups is 2. The van der Waals surface area contributed by atoms with Crippen molar-refractivity contribution in [3.63, 3.8) is 0 Å². The topological polar surface area (TPSA) is 67.9 Å². The quantitative estimate of drug-likeness (QED) is 0.339. The molecule has 0 spiro atoms. The van der Waals surface area contributed by atoms with E-state index in [2.05, 4.69) is 32.2 Å². The monoisotopic (exact) mass is 572 g/mol. The van der Waals surface area contributed by atoms with Crippen molar-refractivity contribution in [2.24, 2.45) is 5.92 Å². The molecule has 0 aromatic heterocycles. The van der Waals surface area contributed by atoms with Crippen LogP contribution in [0.2, 0.25) is 0 Å². The smallest absolute Gasteiger partial charge is 0.257 e. The van der Waals surface area contributed by atoms with E-state index in [1.54, 1.807) is 24.0 Å². The number of rotatable bonds is 6. The number of nitrogens with zero attached hydrogens (tertiary/aromatic N) is 1. The number of halogens is 1. The number of carbonyl (C=O) groups excluding carboxylic acids is 2. The summed E-state index contributed by atoms with van der Waals surface area (Å²) in [4.78, 5) is 29.6. The normalized spacial score (nSPS) is 19.8. The molecular weight excluding hydrogens is 531 g/mol. The van der Waals surface area contributed by atoms with Gasteiger partial charge in [0.15, 0.2) is 0 Å². The molecule has 1 N–H and O–H groups in total. The van der Waals surface area contributed by atoms with Crippen molar-refractivity contribution in [1.82, 2.24) is 4.90 Å². The van der Waals surface area contributed by atoms with Crippen molar-refractivity contribution in [1.29, 1.82) is 0 Å². The van der Waals surface area contributed by atoms with Crippen molar-refractivity contribution in [2.75, 3.05) is 25.1 Å². The number of likely N-dealkylation sites (tertiary alicyclic amines) is 1. The predicted molar refractivity (Wildman–Crippen MR) is 162 cm³/mol. The van der Waals surface area contributed by atoms with Gasteiger partial charge in [0.2, 0.25) is 5.91 Å². The molecule has 0 aliphatic carbocycles. The molecular formula is C35H41FN2O4. The van der Waals surface area contributed by atoms with Crippen LogP contribution in [-0.2, 0) is 14.9 Å². The van der Waals surface area contributed by atoms with Crippen LogP contribution in [0.4, 0.5) is 10.1 Å². The summed E-state index contributed by atoms with van der Waals surface area (Å²) in [6, 6.07) is 19.7. The van der Waals surface area contributed by atoms with Gasteiger partial charge in [-0.15, -0.1) is 0 Å². The molecule has 2 heterocycles. The molecule has 3 aromatic carbocycles. The zero-order valence-corrected chi connectivity index (χ0v) is 25.0. The molecule has 5 rings (SSSR count). The highest BCUT2D eigenvalue weighted by molar-refractivity contribution is 5.98. The van der Waals surface area contributed by atoms with E-state index >= 15 is 0 Å². The minimum Gasteiger partial charge on any atom is -0.490 e. The maximum Gasteiger partial charge on any atom is 0.257 e. The summed E-state index contributed by atoms with van der Waals surface area (Å²) in [5.41, 5.74) is 3.22. The molecule has 0 bridgehead atoms. The summed E-state index contributed by atoms with van der Waals surface area (Å²) >= 11 is 0. The van der Waals surface area contributed by atoms with Crippen LogP contribution < -0.4 is 10.1 Å². The number of benzene rings is 3. The zero-order chi connectivity index (χ0) is 29.9. The summed E-state index contributed by atoms with van der Waals surface area (Å²) in [6.07, 6.45) is 3.03. The minimum atomic E-state index is -0.562. The van der Waals surface area contributed by atoms with Gasteiger partial charge in [-0.25, -0.2) is 4.39 Å². The van der Waals surface area contributed by atoms with E-state index in [0.717, 1.165) is 35.4 Å². The maximum atomic E-state index is 15.0. The van der Waals surface area contributed by atoms with Gasteiger partial charge in [-0.1, -0.05) is 57.2 Å². The molecule has 6 nitrogen and oxygen atoms in total. The number of anilines is 1. The first-order valence-electron chi connectivity index (χ1n) is 14.9. The molecule has 2 aliphatic rings. The molecule has 7 heteroatoms. The summed E-state index contributed by atoms with van der Waals surface area (Å²) < 4.78 is 26.6. The Morgan fingerprint density at radius 3 is 2.38 bits per heavy atom. The summed E-state index contributed by atoms with van der Waals surface area (Å²) in [5.74, 6) is -0.883. The van der Waals surface area contributed by atoms with Crippen LogP contribution in [0.1, 0.15) is 79.5 Å². The first-order valence-corrected chi connectivity index (χ1v) is 14.9. The predicted octanol–water partition coefficient (Wildman–Crippen LogP) is 7.22. The third kappa shape index (κ3) is 6.67. The number of ether oxygens (including phenoxy) is 2. The second-order valence-corrected chi connectivity index (χ2v) is 12.4. The van der Waals surface area contributed by atoms with Crippen molar-refractivity contribution in [3.8, 4) is 5.75 Å². The Kier molecular flexibility index (Phi) is 8.97. The Balaban J connectivity index is 1.46. The Morgan fingerprint density at radius 2 is 1.69 bits per heavy atom. The van der Waals surface area contributed by atoms with Crippen LogP contribution in [0.25, 0.3) is 0 Å². The standard InChI is InChI=1S/C35H41FN2O4/c1-23-8-5-12-30(36)31(23)34(40)38-19-7-11-29(33(39)37-26-10-6-9-25(22-26)35(2,3)4)32(38)24-13-15-27(16-14-24)42-28-17-20-41-21-18-28/h5-6,8-10,12-16,22,28-29,32H,7,11,17-21H2,1-4H3,(H,37,39)/t29-,32-/m0/s1. The van der Waals surface area contributed by atoms with Gasteiger partial charge in [0.1, 0.15) is 17.7 Å². The lowest BCUT2D eigenvalue weighted by molar-refractivity contribution is -0.123. The van der Waals surface area contributed by atoms with Gasteiger partial charge in [0, 0.05) is 25.1 Å². The fourth-order valence-electron chi connectivity index (χ4n) is 5.98. The van der Waals surface area contributed by atoms with Crippen LogP contribution in [0, 0.1) is 18.7 Å². The van der Waals surface area contributed by atoms with E-state index in [1.807, 2.05) is 42.5 Å². The second-order valence-electron chi connectivity index (χ2n) is 12.4. The molecule has 2 amide bonds. The Bertz CT molecular complexity index is 1390. The first-order chi connectivity index (χ1) is 20.1. The van der Waals surface area contributed by atoms with Gasteiger partial charge in [0.05, 0.1) is 30.7 Å². The van der Waals surface area contributed by atoms with Crippen molar-refractivity contribution >= 4 is 17.5 Å². The number of piperidine rings is 1. The van der Waals surface area contributed by atoms with E-state index in [9.17, 15) is 14.0 Å². The molecule has 222 valence electrons. The maximum absolute atomic E-state index is 15.0. The number of nitrogens with one attached hydrogen (secondary N) is 1. The summed E-state index contributed by atoms with van der Waals surface area (Å²) in [6.45, 7) is 9.95. The van der Waals surface area contributed by atoms with Gasteiger partial charge < -0.3 is 19.7 Å².